The van der Waals surface area contributed by atoms with E-state index in [1.807, 2.05) is 26.8 Å². The van der Waals surface area contributed by atoms with Crippen molar-refractivity contribution in [3.63, 3.8) is 0 Å². The molecule has 0 bridgehead atoms. The molecule has 1 aromatic carbocycles. The van der Waals surface area contributed by atoms with Crippen molar-refractivity contribution in [3.8, 4) is 0 Å². The lowest BCUT2D eigenvalue weighted by molar-refractivity contribution is 0.172. The first-order chi connectivity index (χ1) is 10.9. The zero-order valence-electron chi connectivity index (χ0n) is 14.0. The summed E-state index contributed by atoms with van der Waals surface area (Å²) in [5.41, 5.74) is 4.06. The molecule has 0 fully saturated rings. The fourth-order valence-corrected chi connectivity index (χ4v) is 2.47. The minimum absolute atomic E-state index is 0.106. The molecule has 0 saturated heterocycles. The molecule has 2 atom stereocenters. The van der Waals surface area contributed by atoms with E-state index in [1.165, 1.54) is 0 Å². The van der Waals surface area contributed by atoms with Crippen LogP contribution in [0, 0.1) is 13.8 Å². The molecule has 0 aliphatic carbocycles. The van der Waals surface area contributed by atoms with Crippen LogP contribution in [0.3, 0.4) is 0 Å². The predicted octanol–water partition coefficient (Wildman–Crippen LogP) is 2.13. The molecule has 2 rings (SSSR count). The van der Waals surface area contributed by atoms with E-state index in [9.17, 15) is 9.90 Å². The minimum atomic E-state index is -0.773. The largest absolute Gasteiger partial charge is 0.386 e. The van der Waals surface area contributed by atoms with Crippen molar-refractivity contribution in [3.05, 3.63) is 52.8 Å². The van der Waals surface area contributed by atoms with Crippen molar-refractivity contribution in [2.75, 3.05) is 6.54 Å². The van der Waals surface area contributed by atoms with E-state index in [4.69, 9.17) is 0 Å². The number of hydrogen-bond donors (Lipinski definition) is 3. The Morgan fingerprint density at radius 3 is 2.78 bits per heavy atom. The highest BCUT2D eigenvalue weighted by Crippen LogP contribution is 2.18. The van der Waals surface area contributed by atoms with E-state index in [1.54, 1.807) is 24.1 Å². The summed E-state index contributed by atoms with van der Waals surface area (Å²) in [5.74, 6) is 0. The number of nitrogens with one attached hydrogen (secondary N) is 2. The fraction of sp³-hybridized carbons (Fsp3) is 0.412. The van der Waals surface area contributed by atoms with E-state index in [0.29, 0.717) is 5.56 Å². The van der Waals surface area contributed by atoms with Crippen LogP contribution in [0.5, 0.6) is 0 Å². The Kier molecular flexibility index (Phi) is 5.39. The monoisotopic (exact) mass is 316 g/mol. The third-order valence-corrected chi connectivity index (χ3v) is 3.81. The van der Waals surface area contributed by atoms with E-state index < -0.39 is 6.10 Å². The molecular weight excluding hydrogens is 292 g/mol. The number of carbonyl (C=O) groups excluding carboxylic acids is 1. The molecule has 3 N–H and O–H groups in total. The SMILES string of the molecule is Cc1ccc(C)c([C@@H](C)NC(=O)NC[C@@H](O)c2cnn(C)c2)c1. The molecule has 0 radical (unpaired) electrons. The molecule has 1 aromatic heterocycles. The fourth-order valence-electron chi connectivity index (χ4n) is 2.47. The molecule has 23 heavy (non-hydrogen) atoms. The summed E-state index contributed by atoms with van der Waals surface area (Å²) >= 11 is 0. The average molecular weight is 316 g/mol. The lowest BCUT2D eigenvalue weighted by atomic mass is 10.0. The van der Waals surface area contributed by atoms with Gasteiger partial charge in [0.15, 0.2) is 0 Å². The Morgan fingerprint density at radius 2 is 2.13 bits per heavy atom. The summed E-state index contributed by atoms with van der Waals surface area (Å²) in [5, 5.41) is 19.6. The van der Waals surface area contributed by atoms with Crippen LogP contribution in [0.15, 0.2) is 30.6 Å². The van der Waals surface area contributed by atoms with Crippen molar-refractivity contribution in [1.82, 2.24) is 20.4 Å². The summed E-state index contributed by atoms with van der Waals surface area (Å²) < 4.78 is 1.61. The molecular formula is C17H24N4O2. The second kappa shape index (κ2) is 7.28. The molecule has 0 unspecified atom stereocenters. The van der Waals surface area contributed by atoms with Gasteiger partial charge >= 0.3 is 6.03 Å². The van der Waals surface area contributed by atoms with Gasteiger partial charge in [0.25, 0.3) is 0 Å². The van der Waals surface area contributed by atoms with Gasteiger partial charge in [-0.2, -0.15) is 5.10 Å². The maximum atomic E-state index is 12.0. The van der Waals surface area contributed by atoms with Gasteiger partial charge in [0.2, 0.25) is 0 Å². The van der Waals surface area contributed by atoms with Crippen molar-refractivity contribution in [2.24, 2.45) is 7.05 Å². The highest BCUT2D eigenvalue weighted by molar-refractivity contribution is 5.74. The molecule has 2 aromatic rings. The number of amides is 2. The van der Waals surface area contributed by atoms with Crippen LogP contribution in [-0.4, -0.2) is 27.5 Å². The van der Waals surface area contributed by atoms with Crippen molar-refractivity contribution in [2.45, 2.75) is 32.9 Å². The van der Waals surface area contributed by atoms with Crippen LogP contribution in [0.25, 0.3) is 0 Å². The van der Waals surface area contributed by atoms with Crippen LogP contribution in [0.4, 0.5) is 4.79 Å². The van der Waals surface area contributed by atoms with Gasteiger partial charge in [-0.15, -0.1) is 0 Å². The normalized spacial score (nSPS) is 13.4. The molecule has 6 nitrogen and oxygen atoms in total. The van der Waals surface area contributed by atoms with Gasteiger partial charge in [-0.1, -0.05) is 23.8 Å². The number of urea groups is 1. The van der Waals surface area contributed by atoms with Gasteiger partial charge in [-0.05, 0) is 31.9 Å². The molecule has 0 aliphatic heterocycles. The summed E-state index contributed by atoms with van der Waals surface area (Å²) in [6.07, 6.45) is 2.54. The van der Waals surface area contributed by atoms with Gasteiger partial charge < -0.3 is 15.7 Å². The number of rotatable bonds is 5. The Labute approximate surface area is 136 Å². The number of aliphatic hydroxyl groups excluding tert-OH is 1. The lowest BCUT2D eigenvalue weighted by Crippen LogP contribution is -2.39. The number of nitrogens with zero attached hydrogens (tertiary/aromatic N) is 2. The Balaban J connectivity index is 1.88. The van der Waals surface area contributed by atoms with Crippen LogP contribution < -0.4 is 10.6 Å². The van der Waals surface area contributed by atoms with Gasteiger partial charge in [-0.25, -0.2) is 4.79 Å². The third kappa shape index (κ3) is 4.56. The second-order valence-corrected chi connectivity index (χ2v) is 5.90. The van der Waals surface area contributed by atoms with E-state index in [0.717, 1.165) is 16.7 Å². The zero-order chi connectivity index (χ0) is 17.0. The van der Waals surface area contributed by atoms with Gasteiger partial charge in [0, 0.05) is 25.4 Å². The number of aromatic nitrogens is 2. The molecule has 6 heteroatoms. The number of benzene rings is 1. The summed E-state index contributed by atoms with van der Waals surface area (Å²) in [7, 11) is 1.78. The molecule has 0 aliphatic rings. The van der Waals surface area contributed by atoms with Gasteiger partial charge in [0.1, 0.15) is 0 Å². The Morgan fingerprint density at radius 1 is 1.39 bits per heavy atom. The second-order valence-electron chi connectivity index (χ2n) is 5.90. The zero-order valence-corrected chi connectivity index (χ0v) is 14.0. The summed E-state index contributed by atoms with van der Waals surface area (Å²) in [6.45, 7) is 6.13. The third-order valence-electron chi connectivity index (χ3n) is 3.81. The first-order valence-electron chi connectivity index (χ1n) is 7.65. The van der Waals surface area contributed by atoms with Crippen LogP contribution in [0.2, 0.25) is 0 Å². The van der Waals surface area contributed by atoms with Gasteiger partial charge in [0.05, 0.1) is 18.3 Å². The standard InChI is InChI=1S/C17H24N4O2/c1-11-5-6-12(2)15(7-11)13(3)20-17(23)18-9-16(22)14-8-19-21(4)10-14/h5-8,10,13,16,22H,9H2,1-4H3,(H2,18,20,23)/t13-,16-/m1/s1. The molecule has 124 valence electrons. The minimum Gasteiger partial charge on any atom is -0.386 e. The van der Waals surface area contributed by atoms with Crippen molar-refractivity contribution in [1.29, 1.82) is 0 Å². The molecule has 0 spiro atoms. The first kappa shape index (κ1) is 17.0. The first-order valence-corrected chi connectivity index (χ1v) is 7.65. The Bertz CT molecular complexity index is 681. The number of carbonyl (C=O) groups is 1. The van der Waals surface area contributed by atoms with Crippen molar-refractivity contribution < 1.29 is 9.90 Å². The van der Waals surface area contributed by atoms with Crippen LogP contribution in [0.1, 0.15) is 41.3 Å². The number of hydrogen-bond acceptors (Lipinski definition) is 3. The highest BCUT2D eigenvalue weighted by atomic mass is 16.3. The van der Waals surface area contributed by atoms with Gasteiger partial charge in [-0.3, -0.25) is 4.68 Å². The average Bonchev–Trinajstić information content (AvgIpc) is 2.93. The molecule has 1 heterocycles. The number of aliphatic hydroxyl groups is 1. The quantitative estimate of drug-likeness (QED) is 0.790. The van der Waals surface area contributed by atoms with Crippen LogP contribution >= 0.6 is 0 Å². The van der Waals surface area contributed by atoms with Crippen molar-refractivity contribution >= 4 is 6.03 Å². The predicted molar refractivity (Wildman–Crippen MR) is 89.0 cm³/mol. The summed E-state index contributed by atoms with van der Waals surface area (Å²) in [4.78, 5) is 12.0. The number of aryl methyl sites for hydroxylation is 3. The van der Waals surface area contributed by atoms with E-state index >= 15 is 0 Å². The Hall–Kier alpha value is -2.34. The van der Waals surface area contributed by atoms with E-state index in [-0.39, 0.29) is 18.6 Å². The highest BCUT2D eigenvalue weighted by Gasteiger charge is 2.14. The molecule has 2 amide bonds. The summed E-state index contributed by atoms with van der Waals surface area (Å²) in [6, 6.07) is 5.76. The van der Waals surface area contributed by atoms with E-state index in [2.05, 4.69) is 27.9 Å². The maximum absolute atomic E-state index is 12.0. The molecule has 0 saturated carbocycles. The lowest BCUT2D eigenvalue weighted by Gasteiger charge is -2.18. The maximum Gasteiger partial charge on any atom is 0.315 e. The topological polar surface area (TPSA) is 79.2 Å². The smallest absolute Gasteiger partial charge is 0.315 e. The van der Waals surface area contributed by atoms with Crippen LogP contribution in [-0.2, 0) is 7.05 Å².